The molecule has 0 saturated carbocycles. The second kappa shape index (κ2) is 6.04. The van der Waals surface area contributed by atoms with Gasteiger partial charge in [0.15, 0.2) is 11.3 Å². The van der Waals surface area contributed by atoms with E-state index in [1.807, 2.05) is 6.92 Å². The van der Waals surface area contributed by atoms with E-state index in [0.29, 0.717) is 17.9 Å². The second-order valence-electron chi connectivity index (χ2n) is 1.24. The van der Waals surface area contributed by atoms with Crippen molar-refractivity contribution in [3.05, 3.63) is 0 Å². The van der Waals surface area contributed by atoms with Crippen LogP contribution in [0.5, 0.6) is 0 Å². The minimum atomic E-state index is -0.739. The molecule has 0 spiro atoms. The Balaban J connectivity index is 3.06. The third kappa shape index (κ3) is 5.79. The fraction of sp³-hybridized carbons (Fsp3) is 0.750. The molecule has 5 heteroatoms. The van der Waals surface area contributed by atoms with Gasteiger partial charge in [0.05, 0.1) is 6.61 Å². The Labute approximate surface area is 62.4 Å². The maximum atomic E-state index is 10.3. The molecular weight excluding hydrogens is 164 g/mol. The number of ether oxygens (including phenoxy) is 1. The molecule has 0 fully saturated rings. The fourth-order valence-electron chi connectivity index (χ4n) is 0.235. The van der Waals surface area contributed by atoms with Gasteiger partial charge in [-0.05, 0) is 6.42 Å². The molecule has 0 aromatic heterocycles. The molecular formula is C4H7ClO3S. The number of carbonyl (C=O) groups excluding carboxylic acids is 1. The summed E-state index contributed by atoms with van der Waals surface area (Å²) in [6, 6.07) is 0. The SMILES string of the molecule is CCCOC(=O)OSCl. The molecule has 0 atom stereocenters. The van der Waals surface area contributed by atoms with Crippen molar-refractivity contribution in [1.29, 1.82) is 0 Å². The third-order valence-electron chi connectivity index (χ3n) is 0.524. The van der Waals surface area contributed by atoms with Gasteiger partial charge < -0.3 is 8.92 Å². The lowest BCUT2D eigenvalue weighted by Crippen LogP contribution is -2.02. The standard InChI is InChI=1S/C4H7ClO3S/c1-2-3-7-4(6)8-9-5/h2-3H2,1H3. The van der Waals surface area contributed by atoms with E-state index in [1.165, 1.54) is 0 Å². The van der Waals surface area contributed by atoms with Crippen molar-refractivity contribution in [3.63, 3.8) is 0 Å². The summed E-state index contributed by atoms with van der Waals surface area (Å²) in [5.74, 6) is 0. The molecule has 0 bridgehead atoms. The summed E-state index contributed by atoms with van der Waals surface area (Å²) in [4.78, 5) is 10.3. The van der Waals surface area contributed by atoms with Crippen LogP contribution in [0.25, 0.3) is 0 Å². The van der Waals surface area contributed by atoms with Gasteiger partial charge in [0.2, 0.25) is 0 Å². The second-order valence-corrected chi connectivity index (χ2v) is 1.92. The highest BCUT2D eigenvalue weighted by molar-refractivity contribution is 8.17. The Morgan fingerprint density at radius 3 is 2.89 bits per heavy atom. The zero-order valence-corrected chi connectivity index (χ0v) is 6.50. The zero-order valence-electron chi connectivity index (χ0n) is 4.93. The molecule has 9 heavy (non-hydrogen) atoms. The summed E-state index contributed by atoms with van der Waals surface area (Å²) in [6.07, 6.45) is 0.0408. The van der Waals surface area contributed by atoms with Gasteiger partial charge in [-0.25, -0.2) is 4.79 Å². The highest BCUT2D eigenvalue weighted by Gasteiger charge is 2.00. The van der Waals surface area contributed by atoms with Crippen molar-refractivity contribution in [2.24, 2.45) is 0 Å². The molecule has 0 radical (unpaired) electrons. The minimum absolute atomic E-state index is 0.371. The Kier molecular flexibility index (Phi) is 5.98. The van der Waals surface area contributed by atoms with Crippen LogP contribution in [0.4, 0.5) is 4.79 Å². The van der Waals surface area contributed by atoms with Crippen LogP contribution < -0.4 is 0 Å². The van der Waals surface area contributed by atoms with Crippen LogP contribution in [-0.4, -0.2) is 12.8 Å². The molecule has 0 aliphatic heterocycles. The van der Waals surface area contributed by atoms with Gasteiger partial charge in [0, 0.05) is 10.7 Å². The first kappa shape index (κ1) is 8.91. The van der Waals surface area contributed by atoms with Gasteiger partial charge >= 0.3 is 6.16 Å². The van der Waals surface area contributed by atoms with E-state index in [2.05, 4.69) is 8.92 Å². The highest BCUT2D eigenvalue weighted by atomic mass is 35.7. The van der Waals surface area contributed by atoms with E-state index in [9.17, 15) is 4.79 Å². The van der Waals surface area contributed by atoms with E-state index >= 15 is 0 Å². The topological polar surface area (TPSA) is 35.5 Å². The number of hydrogen-bond donors (Lipinski definition) is 0. The zero-order chi connectivity index (χ0) is 7.11. The average molecular weight is 171 g/mol. The number of rotatable bonds is 3. The highest BCUT2D eigenvalue weighted by Crippen LogP contribution is 2.08. The van der Waals surface area contributed by atoms with E-state index in [-0.39, 0.29) is 0 Å². The van der Waals surface area contributed by atoms with Gasteiger partial charge in [-0.1, -0.05) is 6.92 Å². The van der Waals surface area contributed by atoms with Gasteiger partial charge in [-0.3, -0.25) is 0 Å². The Bertz CT molecular complexity index is 87.9. The van der Waals surface area contributed by atoms with Crippen molar-refractivity contribution in [2.45, 2.75) is 13.3 Å². The molecule has 0 aromatic rings. The van der Waals surface area contributed by atoms with Crippen molar-refractivity contribution < 1.29 is 13.7 Å². The van der Waals surface area contributed by atoms with Crippen LogP contribution >= 0.6 is 21.9 Å². The molecule has 0 saturated heterocycles. The van der Waals surface area contributed by atoms with Crippen molar-refractivity contribution in [1.82, 2.24) is 0 Å². The third-order valence-corrected chi connectivity index (χ3v) is 0.912. The molecule has 3 nitrogen and oxygen atoms in total. The van der Waals surface area contributed by atoms with Gasteiger partial charge in [0.1, 0.15) is 0 Å². The summed E-state index contributed by atoms with van der Waals surface area (Å²) >= 11 is 0.458. The summed E-state index contributed by atoms with van der Waals surface area (Å²) < 4.78 is 8.63. The van der Waals surface area contributed by atoms with Crippen molar-refractivity contribution in [3.8, 4) is 0 Å². The van der Waals surface area contributed by atoms with Crippen LogP contribution in [0.3, 0.4) is 0 Å². The van der Waals surface area contributed by atoms with E-state index < -0.39 is 6.16 Å². The Morgan fingerprint density at radius 2 is 2.44 bits per heavy atom. The van der Waals surface area contributed by atoms with E-state index in [4.69, 9.17) is 10.7 Å². The Morgan fingerprint density at radius 1 is 1.78 bits per heavy atom. The lowest BCUT2D eigenvalue weighted by molar-refractivity contribution is 0.107. The van der Waals surface area contributed by atoms with E-state index in [0.717, 1.165) is 6.42 Å². The van der Waals surface area contributed by atoms with Crippen LogP contribution in [0, 0.1) is 0 Å². The monoisotopic (exact) mass is 170 g/mol. The van der Waals surface area contributed by atoms with Crippen LogP contribution in [0.2, 0.25) is 0 Å². The quantitative estimate of drug-likeness (QED) is 0.481. The normalized spacial score (nSPS) is 8.67. The van der Waals surface area contributed by atoms with E-state index in [1.54, 1.807) is 0 Å². The Hall–Kier alpha value is -0.0900. The predicted octanol–water partition coefficient (Wildman–Crippen LogP) is 2.35. The number of halogens is 1. The number of carbonyl (C=O) groups is 1. The van der Waals surface area contributed by atoms with Crippen LogP contribution in [0.15, 0.2) is 0 Å². The first-order valence-corrected chi connectivity index (χ1v) is 4.00. The van der Waals surface area contributed by atoms with Crippen molar-refractivity contribution in [2.75, 3.05) is 6.61 Å². The van der Waals surface area contributed by atoms with Gasteiger partial charge in [-0.2, -0.15) is 0 Å². The molecule has 0 aliphatic carbocycles. The molecule has 0 rings (SSSR count). The largest absolute Gasteiger partial charge is 0.521 e. The smallest absolute Gasteiger partial charge is 0.434 e. The lowest BCUT2D eigenvalue weighted by atomic mass is 10.5. The molecule has 0 amide bonds. The number of hydrogen-bond acceptors (Lipinski definition) is 4. The summed E-state index contributed by atoms with van der Waals surface area (Å²) in [6.45, 7) is 2.26. The summed E-state index contributed by atoms with van der Waals surface area (Å²) in [5.41, 5.74) is 0. The maximum absolute atomic E-state index is 10.3. The average Bonchev–Trinajstić information content (AvgIpc) is 1.85. The predicted molar refractivity (Wildman–Crippen MR) is 36.2 cm³/mol. The van der Waals surface area contributed by atoms with Gasteiger partial charge in [0.25, 0.3) is 0 Å². The van der Waals surface area contributed by atoms with Gasteiger partial charge in [-0.15, -0.1) is 0 Å². The molecule has 54 valence electrons. The molecule has 0 aromatic carbocycles. The van der Waals surface area contributed by atoms with Crippen molar-refractivity contribution >= 4 is 28.1 Å². The van der Waals surface area contributed by atoms with Crippen LogP contribution in [-0.2, 0) is 8.92 Å². The summed E-state index contributed by atoms with van der Waals surface area (Å²) in [7, 11) is 4.97. The molecule has 0 unspecified atom stereocenters. The first-order valence-electron chi connectivity index (χ1n) is 2.43. The summed E-state index contributed by atoms with van der Waals surface area (Å²) in [5, 5.41) is 0. The van der Waals surface area contributed by atoms with Crippen LogP contribution in [0.1, 0.15) is 13.3 Å². The molecule has 0 heterocycles. The molecule has 0 N–H and O–H groups in total. The minimum Gasteiger partial charge on any atom is -0.434 e. The first-order chi connectivity index (χ1) is 4.31. The maximum Gasteiger partial charge on any atom is 0.521 e. The fourth-order valence-corrected chi connectivity index (χ4v) is 0.489. The lowest BCUT2D eigenvalue weighted by Gasteiger charge is -1.97. The molecule has 0 aliphatic rings.